The molecule has 2 atom stereocenters. The predicted octanol–water partition coefficient (Wildman–Crippen LogP) is 1.67. The molecule has 0 saturated carbocycles. The number of nitrogens with one attached hydrogen (secondary N) is 1. The van der Waals surface area contributed by atoms with Gasteiger partial charge >= 0.3 is 5.63 Å². The Hall–Kier alpha value is -2.54. The minimum absolute atomic E-state index is 0.0781. The number of fused-ring (bicyclic) bond motifs is 1. The zero-order chi connectivity index (χ0) is 20.3. The SMILES string of the molecule is CC[C@@H](C)[C@H](NC(=O)CCc1c(C)c2cc(Cl)c(O)cc2oc1=O)C(=O)[O-]. The Balaban J connectivity index is 2.21. The Labute approximate surface area is 160 Å². The zero-order valence-electron chi connectivity index (χ0n) is 15.3. The Bertz CT molecular complexity index is 936. The van der Waals surface area contributed by atoms with E-state index < -0.39 is 23.5 Å². The number of benzene rings is 1. The Kier molecular flexibility index (Phi) is 6.49. The standard InChI is InChI=1S/C19H22ClNO6/c1-4-9(2)17(18(24)25)21-16(23)6-5-11-10(3)12-7-13(20)14(22)8-15(12)27-19(11)26/h7-9,17,22H,4-6H2,1-3H3,(H,21,23)(H,24,25)/p-1/t9-,17+/m1/s1. The van der Waals surface area contributed by atoms with Gasteiger partial charge in [-0.1, -0.05) is 31.9 Å². The molecule has 0 aliphatic heterocycles. The lowest BCUT2D eigenvalue weighted by atomic mass is 9.98. The van der Waals surface area contributed by atoms with Crippen LogP contribution in [0, 0.1) is 12.8 Å². The normalized spacial score (nSPS) is 13.3. The third-order valence-electron chi connectivity index (χ3n) is 4.74. The molecule has 0 unspecified atom stereocenters. The second-order valence-electron chi connectivity index (χ2n) is 6.54. The van der Waals surface area contributed by atoms with E-state index in [1.54, 1.807) is 13.8 Å². The lowest BCUT2D eigenvalue weighted by Crippen LogP contribution is -2.51. The molecular formula is C19H21ClNO6-. The predicted molar refractivity (Wildman–Crippen MR) is 98.6 cm³/mol. The maximum absolute atomic E-state index is 12.2. The van der Waals surface area contributed by atoms with Crippen molar-refractivity contribution in [2.24, 2.45) is 5.92 Å². The van der Waals surface area contributed by atoms with Crippen molar-refractivity contribution in [3.63, 3.8) is 0 Å². The maximum Gasteiger partial charge on any atom is 0.339 e. The lowest BCUT2D eigenvalue weighted by Gasteiger charge is -2.25. The van der Waals surface area contributed by atoms with Crippen LogP contribution >= 0.6 is 11.6 Å². The van der Waals surface area contributed by atoms with Crippen molar-refractivity contribution in [2.45, 2.75) is 46.1 Å². The molecule has 2 aromatic rings. The molecule has 0 bridgehead atoms. The molecule has 1 amide bonds. The molecule has 146 valence electrons. The molecule has 2 rings (SSSR count). The summed E-state index contributed by atoms with van der Waals surface area (Å²) in [6.07, 6.45) is 0.567. The molecule has 1 heterocycles. The fourth-order valence-electron chi connectivity index (χ4n) is 2.84. The molecule has 0 aliphatic rings. The van der Waals surface area contributed by atoms with E-state index in [0.29, 0.717) is 22.9 Å². The third kappa shape index (κ3) is 4.60. The summed E-state index contributed by atoms with van der Waals surface area (Å²) in [5, 5.41) is 24.0. The monoisotopic (exact) mass is 394 g/mol. The number of phenolic OH excluding ortho intramolecular Hbond substituents is 1. The summed E-state index contributed by atoms with van der Waals surface area (Å²) in [4.78, 5) is 35.6. The summed E-state index contributed by atoms with van der Waals surface area (Å²) in [7, 11) is 0. The summed E-state index contributed by atoms with van der Waals surface area (Å²) < 4.78 is 5.21. The molecule has 2 N–H and O–H groups in total. The number of amides is 1. The highest BCUT2D eigenvalue weighted by Crippen LogP contribution is 2.30. The minimum atomic E-state index is -1.34. The van der Waals surface area contributed by atoms with E-state index in [1.165, 1.54) is 12.1 Å². The third-order valence-corrected chi connectivity index (χ3v) is 5.04. The highest BCUT2D eigenvalue weighted by molar-refractivity contribution is 6.32. The molecule has 0 saturated heterocycles. The van der Waals surface area contributed by atoms with Crippen LogP contribution in [0.15, 0.2) is 21.3 Å². The number of hydrogen-bond acceptors (Lipinski definition) is 6. The van der Waals surface area contributed by atoms with Crippen LogP contribution in [-0.4, -0.2) is 23.0 Å². The van der Waals surface area contributed by atoms with Gasteiger partial charge in [0.25, 0.3) is 0 Å². The molecule has 8 heteroatoms. The number of aryl methyl sites for hydroxylation is 1. The van der Waals surface area contributed by atoms with Crippen LogP contribution in [-0.2, 0) is 16.0 Å². The number of hydrogen-bond donors (Lipinski definition) is 2. The number of carboxylic acids is 1. The van der Waals surface area contributed by atoms with E-state index in [2.05, 4.69) is 5.32 Å². The summed E-state index contributed by atoms with van der Waals surface area (Å²) in [5.41, 5.74) is 0.469. The van der Waals surface area contributed by atoms with Gasteiger partial charge in [-0.3, -0.25) is 4.79 Å². The van der Waals surface area contributed by atoms with Gasteiger partial charge in [0.15, 0.2) is 0 Å². The molecule has 0 fully saturated rings. The van der Waals surface area contributed by atoms with Crippen molar-refractivity contribution >= 4 is 34.4 Å². The molecule has 1 aromatic heterocycles. The van der Waals surface area contributed by atoms with Crippen molar-refractivity contribution < 1.29 is 24.2 Å². The number of rotatable bonds is 7. The number of carbonyl (C=O) groups is 2. The number of carboxylic acid groups (broad SMARTS) is 1. The van der Waals surface area contributed by atoms with Crippen LogP contribution in [0.5, 0.6) is 5.75 Å². The van der Waals surface area contributed by atoms with E-state index >= 15 is 0 Å². The fraction of sp³-hybridized carbons (Fsp3) is 0.421. The van der Waals surface area contributed by atoms with Crippen LogP contribution in [0.2, 0.25) is 5.02 Å². The van der Waals surface area contributed by atoms with Crippen LogP contribution in [0.1, 0.15) is 37.8 Å². The van der Waals surface area contributed by atoms with Gasteiger partial charge in [0.05, 0.1) is 17.0 Å². The number of halogens is 1. The molecule has 1 aromatic carbocycles. The van der Waals surface area contributed by atoms with Crippen molar-refractivity contribution in [2.75, 3.05) is 0 Å². The molecular weight excluding hydrogens is 374 g/mol. The van der Waals surface area contributed by atoms with Crippen LogP contribution < -0.4 is 16.0 Å². The quantitative estimate of drug-likeness (QED) is 0.689. The average Bonchev–Trinajstić information content (AvgIpc) is 2.60. The zero-order valence-corrected chi connectivity index (χ0v) is 16.1. The van der Waals surface area contributed by atoms with Gasteiger partial charge in [-0.15, -0.1) is 0 Å². The van der Waals surface area contributed by atoms with Crippen LogP contribution in [0.4, 0.5) is 0 Å². The second-order valence-corrected chi connectivity index (χ2v) is 6.95. The molecule has 7 nitrogen and oxygen atoms in total. The summed E-state index contributed by atoms with van der Waals surface area (Å²) >= 11 is 5.91. The largest absolute Gasteiger partial charge is 0.548 e. The fourth-order valence-corrected chi connectivity index (χ4v) is 3.00. The van der Waals surface area contributed by atoms with E-state index in [4.69, 9.17) is 16.0 Å². The first-order valence-electron chi connectivity index (χ1n) is 8.60. The average molecular weight is 395 g/mol. The van der Waals surface area contributed by atoms with E-state index in [9.17, 15) is 24.6 Å². The van der Waals surface area contributed by atoms with Gasteiger partial charge in [-0.05, 0) is 30.9 Å². The first-order valence-corrected chi connectivity index (χ1v) is 8.98. The van der Waals surface area contributed by atoms with Gasteiger partial charge in [0, 0.05) is 23.4 Å². The Morgan fingerprint density at radius 3 is 2.63 bits per heavy atom. The molecule has 0 radical (unpaired) electrons. The number of aliphatic carboxylic acids is 1. The van der Waals surface area contributed by atoms with Crippen LogP contribution in [0.25, 0.3) is 11.0 Å². The van der Waals surface area contributed by atoms with Crippen LogP contribution in [0.3, 0.4) is 0 Å². The van der Waals surface area contributed by atoms with Gasteiger partial charge < -0.3 is 24.7 Å². The highest BCUT2D eigenvalue weighted by Gasteiger charge is 2.20. The highest BCUT2D eigenvalue weighted by atomic mass is 35.5. The summed E-state index contributed by atoms with van der Waals surface area (Å²) in [5.74, 6) is -2.31. The molecule has 0 spiro atoms. The lowest BCUT2D eigenvalue weighted by molar-refractivity contribution is -0.309. The van der Waals surface area contributed by atoms with Gasteiger partial charge in [0.1, 0.15) is 11.3 Å². The minimum Gasteiger partial charge on any atom is -0.548 e. The van der Waals surface area contributed by atoms with Crippen molar-refractivity contribution in [3.05, 3.63) is 38.7 Å². The smallest absolute Gasteiger partial charge is 0.339 e. The van der Waals surface area contributed by atoms with Gasteiger partial charge in [-0.2, -0.15) is 0 Å². The maximum atomic E-state index is 12.2. The number of aromatic hydroxyl groups is 1. The topological polar surface area (TPSA) is 120 Å². The van der Waals surface area contributed by atoms with Crippen molar-refractivity contribution in [1.29, 1.82) is 0 Å². The van der Waals surface area contributed by atoms with Crippen molar-refractivity contribution in [1.82, 2.24) is 5.32 Å². The van der Waals surface area contributed by atoms with Gasteiger partial charge in [-0.25, -0.2) is 4.79 Å². The Morgan fingerprint density at radius 2 is 2.04 bits per heavy atom. The first kappa shape index (κ1) is 20.8. The summed E-state index contributed by atoms with van der Waals surface area (Å²) in [6, 6.07) is 1.67. The summed E-state index contributed by atoms with van der Waals surface area (Å²) in [6.45, 7) is 5.23. The van der Waals surface area contributed by atoms with E-state index in [1.807, 2.05) is 6.92 Å². The second kappa shape index (κ2) is 8.43. The number of phenols is 1. The van der Waals surface area contributed by atoms with E-state index in [0.717, 1.165) is 0 Å². The number of carbonyl (C=O) groups excluding carboxylic acids is 2. The van der Waals surface area contributed by atoms with E-state index in [-0.39, 0.29) is 35.1 Å². The molecule has 27 heavy (non-hydrogen) atoms. The first-order chi connectivity index (χ1) is 12.6. The van der Waals surface area contributed by atoms with Crippen molar-refractivity contribution in [3.8, 4) is 5.75 Å². The molecule has 0 aliphatic carbocycles. The van der Waals surface area contributed by atoms with Gasteiger partial charge in [0.2, 0.25) is 5.91 Å². The Morgan fingerprint density at radius 1 is 1.37 bits per heavy atom.